The lowest BCUT2D eigenvalue weighted by atomic mass is 9.94. The van der Waals surface area contributed by atoms with Crippen molar-refractivity contribution in [2.75, 3.05) is 13.1 Å². The second-order valence-electron chi connectivity index (χ2n) is 5.42. The van der Waals surface area contributed by atoms with Crippen LogP contribution in [0.4, 0.5) is 13.2 Å². The van der Waals surface area contributed by atoms with Crippen molar-refractivity contribution >= 4 is 0 Å². The Bertz CT molecular complexity index is 445. The summed E-state index contributed by atoms with van der Waals surface area (Å²) in [7, 11) is 0. The van der Waals surface area contributed by atoms with Crippen molar-refractivity contribution in [1.82, 2.24) is 4.90 Å². The van der Waals surface area contributed by atoms with Gasteiger partial charge in [-0.05, 0) is 37.9 Å². The van der Waals surface area contributed by atoms with Crippen LogP contribution in [-0.4, -0.2) is 24.0 Å². The van der Waals surface area contributed by atoms with Crippen LogP contribution in [0.25, 0.3) is 0 Å². The van der Waals surface area contributed by atoms with E-state index in [-0.39, 0.29) is 18.6 Å². The minimum absolute atomic E-state index is 0.206. The number of nitrogens with two attached hydrogens (primary N) is 1. The molecule has 0 saturated carbocycles. The van der Waals surface area contributed by atoms with E-state index < -0.39 is 11.7 Å². The van der Waals surface area contributed by atoms with Gasteiger partial charge < -0.3 is 5.73 Å². The molecule has 1 heterocycles. The predicted octanol–water partition coefficient (Wildman–Crippen LogP) is 3.58. The molecule has 2 rings (SSSR count). The first-order valence-electron chi connectivity index (χ1n) is 7.07. The molecule has 1 aliphatic heterocycles. The second kappa shape index (κ2) is 6.14. The van der Waals surface area contributed by atoms with E-state index in [1.165, 1.54) is 6.07 Å². The van der Waals surface area contributed by atoms with Crippen LogP contribution < -0.4 is 5.73 Å². The summed E-state index contributed by atoms with van der Waals surface area (Å²) >= 11 is 0. The molecule has 0 radical (unpaired) electrons. The molecular weight excluding hydrogens is 265 g/mol. The monoisotopic (exact) mass is 286 g/mol. The average molecular weight is 286 g/mol. The van der Waals surface area contributed by atoms with E-state index in [1.54, 1.807) is 12.1 Å². The fraction of sp³-hybridized carbons (Fsp3) is 0.600. The van der Waals surface area contributed by atoms with Gasteiger partial charge in [0.1, 0.15) is 0 Å². The van der Waals surface area contributed by atoms with Crippen molar-refractivity contribution < 1.29 is 13.2 Å². The van der Waals surface area contributed by atoms with Crippen molar-refractivity contribution in [2.24, 2.45) is 5.73 Å². The van der Waals surface area contributed by atoms with Crippen LogP contribution in [-0.2, 0) is 6.18 Å². The zero-order chi connectivity index (χ0) is 14.8. The second-order valence-corrected chi connectivity index (χ2v) is 5.42. The normalized spacial score (nSPS) is 22.8. The van der Waals surface area contributed by atoms with Gasteiger partial charge in [0.25, 0.3) is 0 Å². The first-order chi connectivity index (χ1) is 9.45. The smallest absolute Gasteiger partial charge is 0.329 e. The van der Waals surface area contributed by atoms with Gasteiger partial charge in [0, 0.05) is 18.6 Å². The highest BCUT2D eigenvalue weighted by atomic mass is 19.4. The molecule has 1 aromatic rings. The lowest BCUT2D eigenvalue weighted by molar-refractivity contribution is -0.138. The van der Waals surface area contributed by atoms with Gasteiger partial charge in [0.2, 0.25) is 0 Å². The van der Waals surface area contributed by atoms with Crippen molar-refractivity contribution in [3.8, 4) is 0 Å². The molecule has 0 amide bonds. The first-order valence-corrected chi connectivity index (χ1v) is 7.07. The lowest BCUT2D eigenvalue weighted by Gasteiger charge is -2.40. The topological polar surface area (TPSA) is 29.3 Å². The van der Waals surface area contributed by atoms with E-state index in [2.05, 4.69) is 11.8 Å². The maximum atomic E-state index is 13.2. The van der Waals surface area contributed by atoms with Crippen LogP contribution in [0, 0.1) is 0 Å². The zero-order valence-electron chi connectivity index (χ0n) is 11.7. The largest absolute Gasteiger partial charge is 0.416 e. The highest BCUT2D eigenvalue weighted by molar-refractivity contribution is 5.33. The molecule has 2 nitrogen and oxygen atoms in total. The van der Waals surface area contributed by atoms with Crippen molar-refractivity contribution in [2.45, 2.75) is 44.4 Å². The fourth-order valence-electron chi connectivity index (χ4n) is 3.07. The minimum atomic E-state index is -4.33. The van der Waals surface area contributed by atoms with Crippen molar-refractivity contribution in [3.63, 3.8) is 0 Å². The Kier molecular flexibility index (Phi) is 4.70. The Labute approximate surface area is 117 Å². The third-order valence-corrected chi connectivity index (χ3v) is 4.10. The molecule has 0 bridgehead atoms. The summed E-state index contributed by atoms with van der Waals surface area (Å²) in [5, 5.41) is 0. The Morgan fingerprint density at radius 1 is 1.30 bits per heavy atom. The van der Waals surface area contributed by atoms with Gasteiger partial charge in [-0.1, -0.05) is 24.6 Å². The Balaban J connectivity index is 2.37. The number of halogens is 3. The Hall–Kier alpha value is -1.07. The number of alkyl halides is 3. The molecular formula is C15H21F3N2. The molecule has 1 aromatic carbocycles. The highest BCUT2D eigenvalue weighted by Crippen LogP contribution is 2.37. The zero-order valence-corrected chi connectivity index (χ0v) is 11.7. The Morgan fingerprint density at radius 3 is 2.60 bits per heavy atom. The summed E-state index contributed by atoms with van der Waals surface area (Å²) < 4.78 is 39.5. The molecule has 1 aliphatic rings. The summed E-state index contributed by atoms with van der Waals surface area (Å²) in [6, 6.07) is 5.71. The molecule has 0 aliphatic carbocycles. The summed E-state index contributed by atoms with van der Waals surface area (Å²) in [5.74, 6) is 0. The van der Waals surface area contributed by atoms with E-state index >= 15 is 0 Å². The molecule has 2 N–H and O–H groups in total. The van der Waals surface area contributed by atoms with Gasteiger partial charge in [-0.25, -0.2) is 0 Å². The van der Waals surface area contributed by atoms with E-state index in [9.17, 15) is 13.2 Å². The third kappa shape index (κ3) is 3.15. The number of nitrogens with zero attached hydrogens (tertiary/aromatic N) is 1. The molecule has 1 saturated heterocycles. The Morgan fingerprint density at radius 2 is 2.00 bits per heavy atom. The summed E-state index contributed by atoms with van der Waals surface area (Å²) in [5.41, 5.74) is 5.54. The van der Waals surface area contributed by atoms with Gasteiger partial charge >= 0.3 is 6.18 Å². The van der Waals surface area contributed by atoms with Gasteiger partial charge in [-0.3, -0.25) is 4.90 Å². The number of hydrogen-bond acceptors (Lipinski definition) is 2. The average Bonchev–Trinajstić information content (AvgIpc) is 2.41. The highest BCUT2D eigenvalue weighted by Gasteiger charge is 2.37. The van der Waals surface area contributed by atoms with Crippen LogP contribution in [0.1, 0.15) is 43.4 Å². The van der Waals surface area contributed by atoms with Crippen LogP contribution in [0.15, 0.2) is 24.3 Å². The molecule has 112 valence electrons. The molecule has 20 heavy (non-hydrogen) atoms. The van der Waals surface area contributed by atoms with Gasteiger partial charge in [0.05, 0.1) is 5.56 Å². The predicted molar refractivity (Wildman–Crippen MR) is 73.3 cm³/mol. The number of rotatable bonds is 3. The fourth-order valence-corrected chi connectivity index (χ4v) is 3.07. The van der Waals surface area contributed by atoms with Crippen LogP contribution in [0.3, 0.4) is 0 Å². The van der Waals surface area contributed by atoms with E-state index in [0.29, 0.717) is 5.56 Å². The number of hydrogen-bond donors (Lipinski definition) is 1. The molecule has 2 unspecified atom stereocenters. The number of likely N-dealkylation sites (tertiary alicyclic amines) is 1. The standard InChI is InChI=1S/C15H21F3N2/c1-11-6-4-5-9-20(11)14(10-19)12-7-2-3-8-13(12)15(16,17)18/h2-3,7-8,11,14H,4-6,9-10,19H2,1H3. The number of piperidine rings is 1. The minimum Gasteiger partial charge on any atom is -0.329 e. The van der Waals surface area contributed by atoms with Crippen LogP contribution >= 0.6 is 0 Å². The summed E-state index contributed by atoms with van der Waals surface area (Å²) in [4.78, 5) is 2.12. The molecule has 0 aromatic heterocycles. The maximum Gasteiger partial charge on any atom is 0.416 e. The lowest BCUT2D eigenvalue weighted by Crippen LogP contribution is -2.43. The number of benzene rings is 1. The SMILES string of the molecule is CC1CCCCN1C(CN)c1ccccc1C(F)(F)F. The third-order valence-electron chi connectivity index (χ3n) is 4.10. The van der Waals surface area contributed by atoms with E-state index in [0.717, 1.165) is 31.9 Å². The molecule has 2 atom stereocenters. The molecule has 1 fully saturated rings. The van der Waals surface area contributed by atoms with Crippen molar-refractivity contribution in [3.05, 3.63) is 35.4 Å². The van der Waals surface area contributed by atoms with E-state index in [4.69, 9.17) is 5.73 Å². The van der Waals surface area contributed by atoms with Gasteiger partial charge in [-0.15, -0.1) is 0 Å². The van der Waals surface area contributed by atoms with Crippen molar-refractivity contribution in [1.29, 1.82) is 0 Å². The maximum absolute atomic E-state index is 13.2. The molecule has 5 heteroatoms. The quantitative estimate of drug-likeness (QED) is 0.920. The van der Waals surface area contributed by atoms with E-state index in [1.807, 2.05) is 0 Å². The molecule has 0 spiro atoms. The first kappa shape index (κ1) is 15.3. The summed E-state index contributed by atoms with van der Waals surface area (Å²) in [6.07, 6.45) is -1.15. The van der Waals surface area contributed by atoms with Crippen LogP contribution in [0.5, 0.6) is 0 Å². The van der Waals surface area contributed by atoms with Crippen LogP contribution in [0.2, 0.25) is 0 Å². The van der Waals surface area contributed by atoms with Gasteiger partial charge in [-0.2, -0.15) is 13.2 Å². The van der Waals surface area contributed by atoms with Gasteiger partial charge in [0.15, 0.2) is 0 Å². The summed E-state index contributed by atoms with van der Waals surface area (Å²) in [6.45, 7) is 3.09.